The lowest BCUT2D eigenvalue weighted by molar-refractivity contribution is 0.892. The highest BCUT2D eigenvalue weighted by atomic mass is 15.3. The van der Waals surface area contributed by atoms with Crippen molar-refractivity contribution in [3.63, 3.8) is 0 Å². The van der Waals surface area contributed by atoms with Gasteiger partial charge in [-0.05, 0) is 25.0 Å². The Balaban J connectivity index is 2.33. The van der Waals surface area contributed by atoms with Gasteiger partial charge in [0.1, 0.15) is 11.7 Å². The van der Waals surface area contributed by atoms with E-state index in [0.717, 1.165) is 24.3 Å². The zero-order valence-corrected chi connectivity index (χ0v) is 8.14. The van der Waals surface area contributed by atoms with E-state index in [1.54, 1.807) is 0 Å². The van der Waals surface area contributed by atoms with Crippen LogP contribution in [0.5, 0.6) is 0 Å². The van der Waals surface area contributed by atoms with E-state index in [-0.39, 0.29) is 5.84 Å². The number of nitrogens with two attached hydrogens (primary N) is 1. The minimum absolute atomic E-state index is 0.0577. The van der Waals surface area contributed by atoms with Crippen molar-refractivity contribution in [2.45, 2.75) is 18.8 Å². The molecule has 2 aromatic heterocycles. The summed E-state index contributed by atoms with van der Waals surface area (Å²) in [5.41, 5.74) is 6.98. The van der Waals surface area contributed by atoms with Crippen molar-refractivity contribution in [1.82, 2.24) is 14.6 Å². The standard InChI is InChI=1S/C10H11N5/c11-9(12)7-2-1-3-8-13-14-10(15(7)8)6-4-5-6/h1-3,6H,4-5H2,(H3,11,12). The third-order valence-corrected chi connectivity index (χ3v) is 2.67. The van der Waals surface area contributed by atoms with Gasteiger partial charge < -0.3 is 5.73 Å². The third-order valence-electron chi connectivity index (χ3n) is 2.67. The van der Waals surface area contributed by atoms with Gasteiger partial charge in [0.25, 0.3) is 0 Å². The number of hydrogen-bond acceptors (Lipinski definition) is 3. The summed E-state index contributed by atoms with van der Waals surface area (Å²) in [7, 11) is 0. The number of nitrogen functional groups attached to an aromatic ring is 1. The van der Waals surface area contributed by atoms with Gasteiger partial charge in [0.05, 0.1) is 5.69 Å². The van der Waals surface area contributed by atoms with E-state index in [9.17, 15) is 0 Å². The van der Waals surface area contributed by atoms with Crippen LogP contribution in [0, 0.1) is 5.41 Å². The fourth-order valence-corrected chi connectivity index (χ4v) is 1.78. The van der Waals surface area contributed by atoms with Gasteiger partial charge in [0, 0.05) is 5.92 Å². The summed E-state index contributed by atoms with van der Waals surface area (Å²) in [6.07, 6.45) is 2.32. The van der Waals surface area contributed by atoms with E-state index in [1.165, 1.54) is 0 Å². The van der Waals surface area contributed by atoms with Crippen LogP contribution in [0.15, 0.2) is 18.2 Å². The van der Waals surface area contributed by atoms with E-state index in [0.29, 0.717) is 11.6 Å². The molecule has 0 spiro atoms. The molecule has 3 N–H and O–H groups in total. The highest BCUT2D eigenvalue weighted by Crippen LogP contribution is 2.39. The fourth-order valence-electron chi connectivity index (χ4n) is 1.78. The molecule has 0 unspecified atom stereocenters. The molecular weight excluding hydrogens is 190 g/mol. The maximum absolute atomic E-state index is 7.52. The molecule has 76 valence electrons. The molecule has 0 aromatic carbocycles. The van der Waals surface area contributed by atoms with Crippen LogP contribution in [-0.2, 0) is 0 Å². The van der Waals surface area contributed by atoms with Crippen LogP contribution in [0.4, 0.5) is 0 Å². The predicted octanol–water partition coefficient (Wildman–Crippen LogP) is 0.891. The van der Waals surface area contributed by atoms with Crippen molar-refractivity contribution in [2.75, 3.05) is 0 Å². The molecule has 0 saturated heterocycles. The molecule has 2 heterocycles. The van der Waals surface area contributed by atoms with E-state index >= 15 is 0 Å². The minimum atomic E-state index is 0.0577. The van der Waals surface area contributed by atoms with Crippen LogP contribution in [0.2, 0.25) is 0 Å². The van der Waals surface area contributed by atoms with Gasteiger partial charge in [-0.3, -0.25) is 9.81 Å². The molecule has 1 fully saturated rings. The summed E-state index contributed by atoms with van der Waals surface area (Å²) in [6, 6.07) is 5.55. The zero-order chi connectivity index (χ0) is 10.4. The van der Waals surface area contributed by atoms with Crippen molar-refractivity contribution in [2.24, 2.45) is 5.73 Å². The Morgan fingerprint density at radius 2 is 2.20 bits per heavy atom. The first-order valence-electron chi connectivity index (χ1n) is 4.96. The van der Waals surface area contributed by atoms with E-state index in [1.807, 2.05) is 22.6 Å². The van der Waals surface area contributed by atoms with Crippen molar-refractivity contribution < 1.29 is 0 Å². The van der Waals surface area contributed by atoms with Crippen LogP contribution >= 0.6 is 0 Å². The molecule has 2 aromatic rings. The number of fused-ring (bicyclic) bond motifs is 1. The average Bonchev–Trinajstić information content (AvgIpc) is 2.97. The molecule has 3 rings (SSSR count). The summed E-state index contributed by atoms with van der Waals surface area (Å²) < 4.78 is 1.89. The Kier molecular flexibility index (Phi) is 1.56. The van der Waals surface area contributed by atoms with Gasteiger partial charge >= 0.3 is 0 Å². The summed E-state index contributed by atoms with van der Waals surface area (Å²) in [6.45, 7) is 0. The maximum Gasteiger partial charge on any atom is 0.161 e. The molecule has 0 radical (unpaired) electrons. The highest BCUT2D eigenvalue weighted by molar-refractivity contribution is 5.94. The lowest BCUT2D eigenvalue weighted by atomic mass is 10.3. The summed E-state index contributed by atoms with van der Waals surface area (Å²) in [5, 5.41) is 15.8. The quantitative estimate of drug-likeness (QED) is 0.559. The lowest BCUT2D eigenvalue weighted by Crippen LogP contribution is -2.16. The molecule has 5 heteroatoms. The van der Waals surface area contributed by atoms with Crippen LogP contribution < -0.4 is 5.73 Å². The van der Waals surface area contributed by atoms with Crippen molar-refractivity contribution in [1.29, 1.82) is 5.41 Å². The Labute approximate surface area is 86.4 Å². The highest BCUT2D eigenvalue weighted by Gasteiger charge is 2.29. The SMILES string of the molecule is N=C(N)c1cccc2nnc(C3CC3)n12. The number of nitrogens with zero attached hydrogens (tertiary/aromatic N) is 3. The second-order valence-electron chi connectivity index (χ2n) is 3.85. The van der Waals surface area contributed by atoms with Gasteiger partial charge in [0.15, 0.2) is 5.65 Å². The fraction of sp³-hybridized carbons (Fsp3) is 0.300. The monoisotopic (exact) mass is 201 g/mol. The van der Waals surface area contributed by atoms with Crippen LogP contribution in [0.25, 0.3) is 5.65 Å². The molecule has 5 nitrogen and oxygen atoms in total. The van der Waals surface area contributed by atoms with Crippen LogP contribution in [0.1, 0.15) is 30.3 Å². The number of amidine groups is 1. The molecule has 0 bridgehead atoms. The average molecular weight is 201 g/mol. The topological polar surface area (TPSA) is 80.1 Å². The van der Waals surface area contributed by atoms with E-state index in [2.05, 4.69) is 10.2 Å². The van der Waals surface area contributed by atoms with Gasteiger partial charge in [0.2, 0.25) is 0 Å². The van der Waals surface area contributed by atoms with Crippen LogP contribution in [0.3, 0.4) is 0 Å². The van der Waals surface area contributed by atoms with Crippen molar-refractivity contribution in [3.05, 3.63) is 29.7 Å². The maximum atomic E-state index is 7.52. The predicted molar refractivity (Wildman–Crippen MR) is 56.0 cm³/mol. The van der Waals surface area contributed by atoms with Crippen molar-refractivity contribution >= 4 is 11.5 Å². The number of nitrogens with one attached hydrogen (secondary N) is 1. The molecule has 1 aliphatic carbocycles. The van der Waals surface area contributed by atoms with Gasteiger partial charge in [-0.2, -0.15) is 0 Å². The second kappa shape index (κ2) is 2.79. The number of aromatic nitrogens is 3. The normalized spacial score (nSPS) is 15.7. The largest absolute Gasteiger partial charge is 0.382 e. The number of pyridine rings is 1. The first-order chi connectivity index (χ1) is 7.27. The Hall–Kier alpha value is -1.91. The van der Waals surface area contributed by atoms with Gasteiger partial charge in [-0.25, -0.2) is 0 Å². The molecule has 1 saturated carbocycles. The number of hydrogen-bond donors (Lipinski definition) is 2. The Morgan fingerprint density at radius 3 is 2.87 bits per heavy atom. The molecule has 0 atom stereocenters. The second-order valence-corrected chi connectivity index (χ2v) is 3.85. The first-order valence-corrected chi connectivity index (χ1v) is 4.96. The van der Waals surface area contributed by atoms with Gasteiger partial charge in [-0.1, -0.05) is 6.07 Å². The minimum Gasteiger partial charge on any atom is -0.382 e. The summed E-state index contributed by atoms with van der Waals surface area (Å²) in [4.78, 5) is 0. The zero-order valence-electron chi connectivity index (χ0n) is 8.14. The molecular formula is C10H11N5. The molecule has 0 aliphatic heterocycles. The first kappa shape index (κ1) is 8.40. The van der Waals surface area contributed by atoms with Gasteiger partial charge in [-0.15, -0.1) is 10.2 Å². The van der Waals surface area contributed by atoms with Crippen LogP contribution in [-0.4, -0.2) is 20.4 Å². The Morgan fingerprint density at radius 1 is 1.40 bits per heavy atom. The van der Waals surface area contributed by atoms with Crippen molar-refractivity contribution in [3.8, 4) is 0 Å². The Bertz CT molecular complexity index is 538. The smallest absolute Gasteiger partial charge is 0.161 e. The lowest BCUT2D eigenvalue weighted by Gasteiger charge is -2.04. The molecule has 15 heavy (non-hydrogen) atoms. The third kappa shape index (κ3) is 1.20. The number of rotatable bonds is 2. The van der Waals surface area contributed by atoms with E-state index < -0.39 is 0 Å². The van der Waals surface area contributed by atoms with E-state index in [4.69, 9.17) is 11.1 Å². The summed E-state index contributed by atoms with van der Waals surface area (Å²) in [5.74, 6) is 1.50. The molecule has 0 amide bonds. The summed E-state index contributed by atoms with van der Waals surface area (Å²) >= 11 is 0. The molecule has 1 aliphatic rings.